The summed E-state index contributed by atoms with van der Waals surface area (Å²) in [6.07, 6.45) is 1.79. The topological polar surface area (TPSA) is 36.9 Å². The SMILES string of the molecule is C=CCN=C(NCC)N(C)Cc1ccc(OC)cc1.I. The van der Waals surface area contributed by atoms with Crippen molar-refractivity contribution in [1.29, 1.82) is 0 Å². The monoisotopic (exact) mass is 389 g/mol. The van der Waals surface area contributed by atoms with Gasteiger partial charge in [-0.3, -0.25) is 0 Å². The fourth-order valence-corrected chi connectivity index (χ4v) is 1.70. The minimum absolute atomic E-state index is 0. The van der Waals surface area contributed by atoms with Gasteiger partial charge in [0, 0.05) is 20.1 Å². The van der Waals surface area contributed by atoms with E-state index in [-0.39, 0.29) is 24.0 Å². The highest BCUT2D eigenvalue weighted by Gasteiger charge is 2.05. The van der Waals surface area contributed by atoms with Gasteiger partial charge >= 0.3 is 0 Å². The summed E-state index contributed by atoms with van der Waals surface area (Å²) in [5, 5.41) is 3.26. The van der Waals surface area contributed by atoms with E-state index in [0.29, 0.717) is 6.54 Å². The van der Waals surface area contributed by atoms with E-state index in [1.807, 2.05) is 19.2 Å². The average Bonchev–Trinajstić information content (AvgIpc) is 2.44. The molecule has 0 saturated heterocycles. The molecule has 0 unspecified atom stereocenters. The minimum atomic E-state index is 0. The lowest BCUT2D eigenvalue weighted by Gasteiger charge is -2.22. The molecular formula is C15H24IN3O. The second-order valence-corrected chi connectivity index (χ2v) is 4.19. The summed E-state index contributed by atoms with van der Waals surface area (Å²) in [5.74, 6) is 1.76. The number of nitrogens with one attached hydrogen (secondary N) is 1. The van der Waals surface area contributed by atoms with Crippen LogP contribution in [-0.4, -0.2) is 38.1 Å². The maximum Gasteiger partial charge on any atom is 0.194 e. The first-order chi connectivity index (χ1) is 9.21. The minimum Gasteiger partial charge on any atom is -0.497 e. The molecular weight excluding hydrogens is 365 g/mol. The number of ether oxygens (including phenoxy) is 1. The van der Waals surface area contributed by atoms with Crippen molar-refractivity contribution in [1.82, 2.24) is 10.2 Å². The second-order valence-electron chi connectivity index (χ2n) is 4.19. The van der Waals surface area contributed by atoms with E-state index in [2.05, 4.69) is 40.8 Å². The van der Waals surface area contributed by atoms with Gasteiger partial charge in [0.2, 0.25) is 0 Å². The van der Waals surface area contributed by atoms with Gasteiger partial charge in [-0.25, -0.2) is 4.99 Å². The van der Waals surface area contributed by atoms with Gasteiger partial charge in [-0.15, -0.1) is 30.6 Å². The summed E-state index contributed by atoms with van der Waals surface area (Å²) >= 11 is 0. The third kappa shape index (κ3) is 6.27. The lowest BCUT2D eigenvalue weighted by atomic mass is 10.2. The van der Waals surface area contributed by atoms with Gasteiger partial charge in [0.25, 0.3) is 0 Å². The van der Waals surface area contributed by atoms with Crippen molar-refractivity contribution in [3.8, 4) is 5.75 Å². The van der Waals surface area contributed by atoms with Crippen molar-refractivity contribution < 1.29 is 4.74 Å². The Morgan fingerprint density at radius 3 is 2.55 bits per heavy atom. The number of guanidine groups is 1. The van der Waals surface area contributed by atoms with Crippen molar-refractivity contribution in [3.63, 3.8) is 0 Å². The van der Waals surface area contributed by atoms with E-state index in [0.717, 1.165) is 24.8 Å². The van der Waals surface area contributed by atoms with Crippen molar-refractivity contribution in [3.05, 3.63) is 42.5 Å². The molecule has 1 aromatic carbocycles. The molecule has 0 aliphatic rings. The fourth-order valence-electron chi connectivity index (χ4n) is 1.70. The predicted molar refractivity (Wildman–Crippen MR) is 96.1 cm³/mol. The predicted octanol–water partition coefficient (Wildman–Crippen LogP) is 2.90. The summed E-state index contributed by atoms with van der Waals surface area (Å²) in [6, 6.07) is 8.06. The van der Waals surface area contributed by atoms with Crippen LogP contribution < -0.4 is 10.1 Å². The molecule has 0 bridgehead atoms. The quantitative estimate of drug-likeness (QED) is 0.352. The number of nitrogens with zero attached hydrogens (tertiary/aromatic N) is 2. The van der Waals surface area contributed by atoms with Gasteiger partial charge in [-0.1, -0.05) is 18.2 Å². The standard InChI is InChI=1S/C15H23N3O.HI/c1-5-11-17-15(16-6-2)18(3)12-13-7-9-14(19-4)10-8-13;/h5,7-10H,1,6,11-12H2,2-4H3,(H,16,17);1H. The van der Waals surface area contributed by atoms with Crippen molar-refractivity contribution in [2.45, 2.75) is 13.5 Å². The molecule has 0 aliphatic carbocycles. The molecule has 0 amide bonds. The van der Waals surface area contributed by atoms with E-state index in [4.69, 9.17) is 4.74 Å². The number of rotatable bonds is 6. The Labute approximate surface area is 138 Å². The average molecular weight is 389 g/mol. The number of benzene rings is 1. The zero-order valence-electron chi connectivity index (χ0n) is 12.4. The van der Waals surface area contributed by atoms with E-state index in [1.54, 1.807) is 13.2 Å². The lowest BCUT2D eigenvalue weighted by Crippen LogP contribution is -2.38. The van der Waals surface area contributed by atoms with Crippen LogP contribution in [0.2, 0.25) is 0 Å². The highest BCUT2D eigenvalue weighted by Crippen LogP contribution is 2.12. The van der Waals surface area contributed by atoms with Crippen molar-refractivity contribution in [2.24, 2.45) is 4.99 Å². The number of hydrogen-bond donors (Lipinski definition) is 1. The van der Waals surface area contributed by atoms with Crippen LogP contribution in [0, 0.1) is 0 Å². The maximum absolute atomic E-state index is 5.15. The molecule has 1 aromatic rings. The largest absolute Gasteiger partial charge is 0.497 e. The molecule has 1 rings (SSSR count). The van der Waals surface area contributed by atoms with Crippen LogP contribution >= 0.6 is 24.0 Å². The summed E-state index contributed by atoms with van der Waals surface area (Å²) in [5.41, 5.74) is 1.22. The highest BCUT2D eigenvalue weighted by atomic mass is 127. The van der Waals surface area contributed by atoms with Gasteiger partial charge < -0.3 is 15.0 Å². The molecule has 0 fully saturated rings. The third-order valence-corrected chi connectivity index (χ3v) is 2.65. The molecule has 0 spiro atoms. The van der Waals surface area contributed by atoms with Crippen LogP contribution in [0.15, 0.2) is 41.9 Å². The Hall–Kier alpha value is -1.24. The summed E-state index contributed by atoms with van der Waals surface area (Å²) in [7, 11) is 3.70. The Bertz CT molecular complexity index is 418. The maximum atomic E-state index is 5.15. The zero-order valence-corrected chi connectivity index (χ0v) is 14.8. The molecule has 20 heavy (non-hydrogen) atoms. The molecule has 0 aliphatic heterocycles. The normalized spacial score (nSPS) is 10.4. The molecule has 0 radical (unpaired) electrons. The number of methoxy groups -OCH3 is 1. The van der Waals surface area contributed by atoms with Crippen LogP contribution in [0.5, 0.6) is 5.75 Å². The third-order valence-electron chi connectivity index (χ3n) is 2.65. The molecule has 0 saturated carbocycles. The van der Waals surface area contributed by atoms with Gasteiger partial charge in [-0.05, 0) is 24.6 Å². The van der Waals surface area contributed by atoms with Crippen LogP contribution in [0.25, 0.3) is 0 Å². The van der Waals surface area contributed by atoms with Gasteiger partial charge in [0.1, 0.15) is 5.75 Å². The Balaban J connectivity index is 0.00000361. The number of aliphatic imine (C=N–C) groups is 1. The summed E-state index contributed by atoms with van der Waals surface area (Å²) in [6.45, 7) is 8.02. The van der Waals surface area contributed by atoms with Crippen LogP contribution in [0.1, 0.15) is 12.5 Å². The first-order valence-electron chi connectivity index (χ1n) is 6.44. The molecule has 0 aromatic heterocycles. The Kier molecular flexibility index (Phi) is 9.88. The molecule has 0 heterocycles. The fraction of sp³-hybridized carbons (Fsp3) is 0.400. The number of hydrogen-bond acceptors (Lipinski definition) is 2. The van der Waals surface area contributed by atoms with E-state index < -0.39 is 0 Å². The van der Waals surface area contributed by atoms with Gasteiger partial charge in [0.15, 0.2) is 5.96 Å². The lowest BCUT2D eigenvalue weighted by molar-refractivity contribution is 0.414. The van der Waals surface area contributed by atoms with Crippen LogP contribution in [0.4, 0.5) is 0 Å². The molecule has 0 atom stereocenters. The molecule has 4 nitrogen and oxygen atoms in total. The smallest absolute Gasteiger partial charge is 0.194 e. The van der Waals surface area contributed by atoms with Crippen LogP contribution in [-0.2, 0) is 6.54 Å². The van der Waals surface area contributed by atoms with E-state index in [1.165, 1.54) is 5.56 Å². The summed E-state index contributed by atoms with van der Waals surface area (Å²) in [4.78, 5) is 6.54. The second kappa shape index (κ2) is 10.5. The van der Waals surface area contributed by atoms with Crippen molar-refractivity contribution >= 4 is 29.9 Å². The first kappa shape index (κ1) is 18.8. The highest BCUT2D eigenvalue weighted by molar-refractivity contribution is 14.0. The Morgan fingerprint density at radius 1 is 1.40 bits per heavy atom. The molecule has 1 N–H and O–H groups in total. The zero-order chi connectivity index (χ0) is 14.1. The van der Waals surface area contributed by atoms with E-state index >= 15 is 0 Å². The molecule has 5 heteroatoms. The Morgan fingerprint density at radius 2 is 2.05 bits per heavy atom. The van der Waals surface area contributed by atoms with E-state index in [9.17, 15) is 0 Å². The molecule has 112 valence electrons. The van der Waals surface area contributed by atoms with Crippen LogP contribution in [0.3, 0.4) is 0 Å². The number of halogens is 1. The summed E-state index contributed by atoms with van der Waals surface area (Å²) < 4.78 is 5.15. The first-order valence-corrected chi connectivity index (χ1v) is 6.44. The van der Waals surface area contributed by atoms with Gasteiger partial charge in [-0.2, -0.15) is 0 Å². The van der Waals surface area contributed by atoms with Crippen molar-refractivity contribution in [2.75, 3.05) is 27.2 Å². The van der Waals surface area contributed by atoms with Gasteiger partial charge in [0.05, 0.1) is 13.7 Å².